The zero-order valence-electron chi connectivity index (χ0n) is 10.2. The van der Waals surface area contributed by atoms with E-state index in [0.29, 0.717) is 17.9 Å². The number of nitrogens with zero attached hydrogens (tertiary/aromatic N) is 1. The van der Waals surface area contributed by atoms with Crippen molar-refractivity contribution in [3.8, 4) is 0 Å². The van der Waals surface area contributed by atoms with Crippen LogP contribution in [-0.2, 0) is 6.54 Å². The van der Waals surface area contributed by atoms with Crippen LogP contribution in [0.1, 0.15) is 26.6 Å². The van der Waals surface area contributed by atoms with E-state index in [1.54, 1.807) is 35.5 Å². The number of carbonyl (C=O) groups excluding carboxylic acids is 1. The fourth-order valence-corrected chi connectivity index (χ4v) is 2.62. The van der Waals surface area contributed by atoms with Gasteiger partial charge in [-0.15, -0.1) is 11.3 Å². The second kappa shape index (κ2) is 4.75. The molecule has 0 fully saturated rings. The van der Waals surface area contributed by atoms with E-state index in [9.17, 15) is 4.79 Å². The Hall–Kier alpha value is -1.55. The predicted octanol–water partition coefficient (Wildman–Crippen LogP) is 3.23. The van der Waals surface area contributed by atoms with E-state index in [1.807, 2.05) is 12.4 Å². The molecule has 2 aromatic rings. The van der Waals surface area contributed by atoms with Crippen LogP contribution in [0.4, 0.5) is 0 Å². The maximum Gasteiger partial charge on any atom is 0.257 e. The normalized spacial score (nSPS) is 10.5. The van der Waals surface area contributed by atoms with Gasteiger partial charge in [0.05, 0.1) is 18.4 Å². The van der Waals surface area contributed by atoms with Gasteiger partial charge in [0.25, 0.3) is 5.91 Å². The molecule has 0 aromatic carbocycles. The summed E-state index contributed by atoms with van der Waals surface area (Å²) < 4.78 is 5.15. The summed E-state index contributed by atoms with van der Waals surface area (Å²) in [7, 11) is 1.81. The van der Waals surface area contributed by atoms with Crippen LogP contribution in [0, 0.1) is 13.8 Å². The van der Waals surface area contributed by atoms with Crippen molar-refractivity contribution in [3.05, 3.63) is 45.5 Å². The molecular formula is C13H15NO2S. The summed E-state index contributed by atoms with van der Waals surface area (Å²) in [6.07, 6.45) is 1.55. The standard InChI is InChI=1S/C13H15NO2S/c1-9-5-7-17-12(9)8-14(3)13(15)11-4-6-16-10(11)2/h4-7H,8H2,1-3H3. The first kappa shape index (κ1) is 11.9. The highest BCUT2D eigenvalue weighted by Crippen LogP contribution is 2.19. The number of hydrogen-bond acceptors (Lipinski definition) is 3. The number of rotatable bonds is 3. The van der Waals surface area contributed by atoms with Crippen LogP contribution in [0.2, 0.25) is 0 Å². The van der Waals surface area contributed by atoms with Gasteiger partial charge in [-0.3, -0.25) is 4.79 Å². The number of amides is 1. The van der Waals surface area contributed by atoms with Gasteiger partial charge < -0.3 is 9.32 Å². The monoisotopic (exact) mass is 249 g/mol. The van der Waals surface area contributed by atoms with Gasteiger partial charge in [0.1, 0.15) is 5.76 Å². The summed E-state index contributed by atoms with van der Waals surface area (Å²) in [5, 5.41) is 2.05. The van der Waals surface area contributed by atoms with Crippen LogP contribution in [0.15, 0.2) is 28.2 Å². The van der Waals surface area contributed by atoms with Gasteiger partial charge in [0.2, 0.25) is 0 Å². The lowest BCUT2D eigenvalue weighted by Crippen LogP contribution is -2.26. The average molecular weight is 249 g/mol. The lowest BCUT2D eigenvalue weighted by atomic mass is 10.2. The molecule has 0 atom stereocenters. The van der Waals surface area contributed by atoms with Crippen molar-refractivity contribution in [2.24, 2.45) is 0 Å². The maximum absolute atomic E-state index is 12.1. The number of hydrogen-bond donors (Lipinski definition) is 0. The Kier molecular flexibility index (Phi) is 3.33. The van der Waals surface area contributed by atoms with Crippen LogP contribution in [0.5, 0.6) is 0 Å². The first-order valence-corrected chi connectivity index (χ1v) is 6.30. The Morgan fingerprint density at radius 3 is 2.71 bits per heavy atom. The van der Waals surface area contributed by atoms with Crippen molar-refractivity contribution in [1.82, 2.24) is 4.90 Å². The largest absolute Gasteiger partial charge is 0.469 e. The summed E-state index contributed by atoms with van der Waals surface area (Å²) in [5.74, 6) is 0.675. The highest BCUT2D eigenvalue weighted by atomic mass is 32.1. The molecule has 0 aliphatic heterocycles. The predicted molar refractivity (Wildman–Crippen MR) is 68.3 cm³/mol. The number of thiophene rings is 1. The molecule has 0 saturated heterocycles. The molecule has 2 heterocycles. The Labute approximate surface area is 105 Å². The van der Waals surface area contributed by atoms with Gasteiger partial charge in [0.15, 0.2) is 0 Å². The highest BCUT2D eigenvalue weighted by molar-refractivity contribution is 7.10. The molecule has 90 valence electrons. The van der Waals surface area contributed by atoms with Gasteiger partial charge in [-0.2, -0.15) is 0 Å². The smallest absolute Gasteiger partial charge is 0.257 e. The van der Waals surface area contributed by atoms with E-state index in [-0.39, 0.29) is 5.91 Å². The fraction of sp³-hybridized carbons (Fsp3) is 0.308. The molecule has 17 heavy (non-hydrogen) atoms. The van der Waals surface area contributed by atoms with Crippen LogP contribution in [0.25, 0.3) is 0 Å². The van der Waals surface area contributed by atoms with Gasteiger partial charge >= 0.3 is 0 Å². The summed E-state index contributed by atoms with van der Waals surface area (Å²) >= 11 is 1.68. The third-order valence-electron chi connectivity index (χ3n) is 2.78. The summed E-state index contributed by atoms with van der Waals surface area (Å²) in [6.45, 7) is 4.51. The SMILES string of the molecule is Cc1ccsc1CN(C)C(=O)c1ccoc1C. The van der Waals surface area contributed by atoms with Crippen molar-refractivity contribution in [1.29, 1.82) is 0 Å². The van der Waals surface area contributed by atoms with Crippen LogP contribution in [-0.4, -0.2) is 17.9 Å². The van der Waals surface area contributed by atoms with Crippen molar-refractivity contribution in [2.45, 2.75) is 20.4 Å². The third-order valence-corrected chi connectivity index (χ3v) is 3.79. The van der Waals surface area contributed by atoms with E-state index in [1.165, 1.54) is 10.4 Å². The topological polar surface area (TPSA) is 33.5 Å². The van der Waals surface area contributed by atoms with E-state index in [4.69, 9.17) is 4.42 Å². The summed E-state index contributed by atoms with van der Waals surface area (Å²) in [4.78, 5) is 15.1. The quantitative estimate of drug-likeness (QED) is 0.836. The number of aryl methyl sites for hydroxylation is 2. The minimum absolute atomic E-state index is 0.00375. The minimum atomic E-state index is 0.00375. The van der Waals surface area contributed by atoms with E-state index in [0.717, 1.165) is 0 Å². The number of carbonyl (C=O) groups is 1. The van der Waals surface area contributed by atoms with Crippen LogP contribution >= 0.6 is 11.3 Å². The molecule has 3 nitrogen and oxygen atoms in total. The van der Waals surface area contributed by atoms with Gasteiger partial charge in [0, 0.05) is 11.9 Å². The van der Waals surface area contributed by atoms with Crippen molar-refractivity contribution in [2.75, 3.05) is 7.05 Å². The molecule has 0 spiro atoms. The van der Waals surface area contributed by atoms with E-state index in [2.05, 4.69) is 13.0 Å². The molecule has 0 aliphatic carbocycles. The molecule has 2 rings (SSSR count). The molecule has 4 heteroatoms. The molecule has 0 N–H and O–H groups in total. The first-order chi connectivity index (χ1) is 8.09. The molecule has 0 bridgehead atoms. The molecule has 0 radical (unpaired) electrons. The molecule has 0 saturated carbocycles. The second-order valence-corrected chi connectivity index (χ2v) is 5.08. The van der Waals surface area contributed by atoms with Crippen molar-refractivity contribution < 1.29 is 9.21 Å². The zero-order chi connectivity index (χ0) is 12.4. The van der Waals surface area contributed by atoms with Gasteiger partial charge in [-0.1, -0.05) is 0 Å². The van der Waals surface area contributed by atoms with E-state index >= 15 is 0 Å². The Bertz CT molecular complexity index is 527. The number of furan rings is 1. The minimum Gasteiger partial charge on any atom is -0.469 e. The Balaban J connectivity index is 2.11. The zero-order valence-corrected chi connectivity index (χ0v) is 11.0. The fourth-order valence-electron chi connectivity index (χ4n) is 1.67. The second-order valence-electron chi connectivity index (χ2n) is 4.08. The molecular weight excluding hydrogens is 234 g/mol. The molecule has 0 aliphatic rings. The average Bonchev–Trinajstić information content (AvgIpc) is 2.88. The Morgan fingerprint density at radius 1 is 1.41 bits per heavy atom. The molecule has 2 aromatic heterocycles. The maximum atomic E-state index is 12.1. The Morgan fingerprint density at radius 2 is 2.18 bits per heavy atom. The van der Waals surface area contributed by atoms with Crippen LogP contribution < -0.4 is 0 Å². The highest BCUT2D eigenvalue weighted by Gasteiger charge is 2.17. The van der Waals surface area contributed by atoms with Gasteiger partial charge in [-0.05, 0) is 36.9 Å². The van der Waals surface area contributed by atoms with Crippen LogP contribution in [0.3, 0.4) is 0 Å². The lowest BCUT2D eigenvalue weighted by Gasteiger charge is -2.16. The van der Waals surface area contributed by atoms with Crippen molar-refractivity contribution >= 4 is 17.2 Å². The first-order valence-electron chi connectivity index (χ1n) is 5.42. The summed E-state index contributed by atoms with van der Waals surface area (Å²) in [6, 6.07) is 3.79. The summed E-state index contributed by atoms with van der Waals surface area (Å²) in [5.41, 5.74) is 1.88. The van der Waals surface area contributed by atoms with Crippen molar-refractivity contribution in [3.63, 3.8) is 0 Å². The van der Waals surface area contributed by atoms with E-state index < -0.39 is 0 Å². The third kappa shape index (κ3) is 2.42. The molecule has 1 amide bonds. The van der Waals surface area contributed by atoms with Gasteiger partial charge in [-0.25, -0.2) is 0 Å². The molecule has 0 unspecified atom stereocenters. The lowest BCUT2D eigenvalue weighted by molar-refractivity contribution is 0.0784.